The zero-order valence-electron chi connectivity index (χ0n) is 8.18. The Kier molecular flexibility index (Phi) is 3.06. The normalized spacial score (nSPS) is 11.5. The molecule has 0 heterocycles. The van der Waals surface area contributed by atoms with Crippen LogP contribution < -0.4 is 10.5 Å². The van der Waals surface area contributed by atoms with Crippen molar-refractivity contribution in [1.29, 1.82) is 0 Å². The summed E-state index contributed by atoms with van der Waals surface area (Å²) in [5, 5.41) is 0. The Bertz CT molecular complexity index is 326. The van der Waals surface area contributed by atoms with Gasteiger partial charge in [0.05, 0.1) is 19.2 Å². The van der Waals surface area contributed by atoms with Gasteiger partial charge in [0.2, 0.25) is 0 Å². The first-order valence-corrected chi connectivity index (χ1v) is 4.24. The van der Waals surface area contributed by atoms with Gasteiger partial charge in [-0.2, -0.15) is 8.78 Å². The molecule has 0 bridgehead atoms. The van der Waals surface area contributed by atoms with Gasteiger partial charge in [0.25, 0.3) is 5.92 Å². The minimum absolute atomic E-state index is 0.150. The zero-order valence-corrected chi connectivity index (χ0v) is 8.18. The van der Waals surface area contributed by atoms with E-state index in [0.29, 0.717) is 0 Å². The lowest BCUT2D eigenvalue weighted by molar-refractivity contribution is 0.00364. The van der Waals surface area contributed by atoms with E-state index in [0.717, 1.165) is 5.56 Å². The van der Waals surface area contributed by atoms with E-state index >= 15 is 0 Å². The molecule has 0 aliphatic rings. The molecule has 0 saturated carbocycles. The molecule has 2 N–H and O–H groups in total. The Morgan fingerprint density at radius 3 is 2.57 bits per heavy atom. The number of hydrogen-bond acceptors (Lipinski definition) is 2. The lowest BCUT2D eigenvalue weighted by Crippen LogP contribution is -2.25. The van der Waals surface area contributed by atoms with Crippen LogP contribution in [0.15, 0.2) is 18.2 Å². The number of methoxy groups -OCH3 is 1. The Morgan fingerprint density at radius 2 is 2.07 bits per heavy atom. The topological polar surface area (TPSA) is 35.2 Å². The predicted molar refractivity (Wildman–Crippen MR) is 50.7 cm³/mol. The summed E-state index contributed by atoms with van der Waals surface area (Å²) in [5.74, 6) is -2.86. The number of aryl methyl sites for hydroxylation is 1. The van der Waals surface area contributed by atoms with Crippen LogP contribution in [0.4, 0.5) is 8.78 Å². The van der Waals surface area contributed by atoms with Crippen LogP contribution in [0.1, 0.15) is 11.1 Å². The monoisotopic (exact) mass is 201 g/mol. The highest BCUT2D eigenvalue weighted by molar-refractivity contribution is 5.40. The average molecular weight is 201 g/mol. The van der Waals surface area contributed by atoms with E-state index in [1.807, 2.05) is 0 Å². The van der Waals surface area contributed by atoms with Gasteiger partial charge < -0.3 is 10.5 Å². The van der Waals surface area contributed by atoms with Gasteiger partial charge >= 0.3 is 0 Å². The molecule has 2 nitrogen and oxygen atoms in total. The van der Waals surface area contributed by atoms with Crippen LogP contribution in [0.25, 0.3) is 0 Å². The van der Waals surface area contributed by atoms with Gasteiger partial charge in [-0.3, -0.25) is 0 Å². The minimum Gasteiger partial charge on any atom is -0.496 e. The second-order valence-corrected chi connectivity index (χ2v) is 3.11. The maximum Gasteiger partial charge on any atom is 0.288 e. The molecule has 1 rings (SSSR count). The molecule has 0 radical (unpaired) electrons. The summed E-state index contributed by atoms with van der Waals surface area (Å²) in [7, 11) is 1.36. The van der Waals surface area contributed by atoms with Gasteiger partial charge in [-0.05, 0) is 19.1 Å². The summed E-state index contributed by atoms with van der Waals surface area (Å²) in [6, 6.07) is 4.63. The van der Waals surface area contributed by atoms with Crippen LogP contribution in [0, 0.1) is 6.92 Å². The van der Waals surface area contributed by atoms with Crippen molar-refractivity contribution in [2.24, 2.45) is 5.73 Å². The third-order valence-corrected chi connectivity index (χ3v) is 2.01. The number of halogens is 2. The third kappa shape index (κ3) is 2.01. The largest absolute Gasteiger partial charge is 0.496 e. The Labute approximate surface area is 81.7 Å². The molecule has 14 heavy (non-hydrogen) atoms. The van der Waals surface area contributed by atoms with E-state index in [1.54, 1.807) is 13.0 Å². The standard InChI is InChI=1S/C10H13F2NO/c1-7-3-4-9(14-2)8(5-7)10(11,12)6-13/h3-5H,6,13H2,1-2H3. The number of rotatable bonds is 3. The van der Waals surface area contributed by atoms with E-state index in [-0.39, 0.29) is 11.3 Å². The quantitative estimate of drug-likeness (QED) is 0.812. The van der Waals surface area contributed by atoms with E-state index < -0.39 is 12.5 Å². The fourth-order valence-corrected chi connectivity index (χ4v) is 1.22. The first kappa shape index (κ1) is 10.9. The molecule has 0 amide bonds. The van der Waals surface area contributed by atoms with Crippen molar-refractivity contribution in [2.45, 2.75) is 12.8 Å². The highest BCUT2D eigenvalue weighted by Crippen LogP contribution is 2.34. The van der Waals surface area contributed by atoms with Gasteiger partial charge in [0.1, 0.15) is 5.75 Å². The van der Waals surface area contributed by atoms with Crippen molar-refractivity contribution in [3.8, 4) is 5.75 Å². The van der Waals surface area contributed by atoms with Crippen molar-refractivity contribution < 1.29 is 13.5 Å². The van der Waals surface area contributed by atoms with E-state index in [1.165, 1.54) is 19.2 Å². The van der Waals surface area contributed by atoms with Crippen LogP contribution in [0.3, 0.4) is 0 Å². The smallest absolute Gasteiger partial charge is 0.288 e. The lowest BCUT2D eigenvalue weighted by Gasteiger charge is -2.17. The first-order valence-electron chi connectivity index (χ1n) is 4.24. The molecule has 0 atom stereocenters. The molecule has 0 unspecified atom stereocenters. The molecule has 4 heteroatoms. The maximum atomic E-state index is 13.3. The number of benzene rings is 1. The molecule has 0 fully saturated rings. The SMILES string of the molecule is COc1ccc(C)cc1C(F)(F)CN. The predicted octanol–water partition coefficient (Wildman–Crippen LogP) is 2.05. The summed E-state index contributed by atoms with van der Waals surface area (Å²) in [6.45, 7) is 1.03. The average Bonchev–Trinajstić information content (AvgIpc) is 2.18. The summed E-state index contributed by atoms with van der Waals surface area (Å²) < 4.78 is 31.5. The van der Waals surface area contributed by atoms with Gasteiger partial charge in [0.15, 0.2) is 0 Å². The van der Waals surface area contributed by atoms with Crippen LogP contribution in [-0.4, -0.2) is 13.7 Å². The number of nitrogens with two attached hydrogens (primary N) is 1. The van der Waals surface area contributed by atoms with Crippen molar-refractivity contribution in [1.82, 2.24) is 0 Å². The van der Waals surface area contributed by atoms with E-state index in [4.69, 9.17) is 10.5 Å². The van der Waals surface area contributed by atoms with Crippen LogP contribution in [-0.2, 0) is 5.92 Å². The van der Waals surface area contributed by atoms with Gasteiger partial charge in [-0.15, -0.1) is 0 Å². The minimum atomic E-state index is -3.03. The molecular weight excluding hydrogens is 188 g/mol. The van der Waals surface area contributed by atoms with Crippen LogP contribution >= 0.6 is 0 Å². The van der Waals surface area contributed by atoms with Gasteiger partial charge in [-0.25, -0.2) is 0 Å². The summed E-state index contributed by atoms with van der Waals surface area (Å²) in [5.41, 5.74) is 5.61. The molecule has 0 aromatic heterocycles. The highest BCUT2D eigenvalue weighted by atomic mass is 19.3. The summed E-state index contributed by atoms with van der Waals surface area (Å²) in [4.78, 5) is 0. The Morgan fingerprint density at radius 1 is 1.43 bits per heavy atom. The molecular formula is C10H13F2NO. The molecule has 0 aliphatic carbocycles. The fourth-order valence-electron chi connectivity index (χ4n) is 1.22. The second kappa shape index (κ2) is 3.92. The van der Waals surface area contributed by atoms with Crippen LogP contribution in [0.5, 0.6) is 5.75 Å². The van der Waals surface area contributed by atoms with Crippen molar-refractivity contribution in [3.05, 3.63) is 29.3 Å². The first-order chi connectivity index (χ1) is 6.51. The molecule has 1 aromatic carbocycles. The molecule has 78 valence electrons. The number of hydrogen-bond donors (Lipinski definition) is 1. The van der Waals surface area contributed by atoms with Gasteiger partial charge in [0, 0.05) is 0 Å². The highest BCUT2D eigenvalue weighted by Gasteiger charge is 2.32. The second-order valence-electron chi connectivity index (χ2n) is 3.11. The molecule has 0 spiro atoms. The van der Waals surface area contributed by atoms with Crippen molar-refractivity contribution in [2.75, 3.05) is 13.7 Å². The lowest BCUT2D eigenvalue weighted by atomic mass is 10.0. The zero-order chi connectivity index (χ0) is 10.8. The van der Waals surface area contributed by atoms with E-state index in [2.05, 4.69) is 0 Å². The number of ether oxygens (including phenoxy) is 1. The van der Waals surface area contributed by atoms with Crippen molar-refractivity contribution in [3.63, 3.8) is 0 Å². The van der Waals surface area contributed by atoms with Crippen molar-refractivity contribution >= 4 is 0 Å². The van der Waals surface area contributed by atoms with E-state index in [9.17, 15) is 8.78 Å². The molecule has 0 saturated heterocycles. The molecule has 0 aliphatic heterocycles. The van der Waals surface area contributed by atoms with Crippen LogP contribution in [0.2, 0.25) is 0 Å². The number of alkyl halides is 2. The Balaban J connectivity index is 3.23. The Hall–Kier alpha value is -1.16. The maximum absolute atomic E-state index is 13.3. The third-order valence-electron chi connectivity index (χ3n) is 2.01. The summed E-state index contributed by atoms with van der Waals surface area (Å²) in [6.07, 6.45) is 0. The van der Waals surface area contributed by atoms with Gasteiger partial charge in [-0.1, -0.05) is 11.6 Å². The fraction of sp³-hybridized carbons (Fsp3) is 0.400. The molecule has 1 aromatic rings. The summed E-state index contributed by atoms with van der Waals surface area (Å²) >= 11 is 0.